The maximum Gasteiger partial charge on any atom is 0.337 e. The Morgan fingerprint density at radius 3 is 2.94 bits per heavy atom. The average Bonchev–Trinajstić information content (AvgIpc) is 2.32. The first-order valence-electron chi connectivity index (χ1n) is 5.87. The highest BCUT2D eigenvalue weighted by atomic mass is 32.2. The van der Waals surface area contributed by atoms with Gasteiger partial charge in [-0.1, -0.05) is 6.92 Å². The lowest BCUT2D eigenvalue weighted by Crippen LogP contribution is -2.18. The first kappa shape index (κ1) is 14.6. The van der Waals surface area contributed by atoms with Crippen molar-refractivity contribution in [2.75, 3.05) is 22.6 Å². The van der Waals surface area contributed by atoms with Crippen LogP contribution in [0.3, 0.4) is 0 Å². The van der Waals surface area contributed by atoms with Gasteiger partial charge in [-0.2, -0.15) is 11.8 Å². The highest BCUT2D eigenvalue weighted by Crippen LogP contribution is 2.18. The summed E-state index contributed by atoms with van der Waals surface area (Å²) in [5.74, 6) is 1.72. The number of nitrogens with zero attached hydrogens (tertiary/aromatic N) is 1. The monoisotopic (exact) mass is 269 g/mol. The third kappa shape index (κ3) is 4.44. The molecule has 0 radical (unpaired) electrons. The first-order chi connectivity index (χ1) is 8.54. The number of rotatable bonds is 7. The van der Waals surface area contributed by atoms with Crippen molar-refractivity contribution in [2.24, 2.45) is 0 Å². The Balaban J connectivity index is 2.59. The van der Waals surface area contributed by atoms with Crippen LogP contribution in [0.2, 0.25) is 0 Å². The van der Waals surface area contributed by atoms with Crippen LogP contribution in [0.4, 0.5) is 11.5 Å². The van der Waals surface area contributed by atoms with Crippen molar-refractivity contribution in [3.8, 4) is 0 Å². The molecular formula is C12H19N3O2S. The van der Waals surface area contributed by atoms with Crippen molar-refractivity contribution in [1.82, 2.24) is 4.98 Å². The van der Waals surface area contributed by atoms with Gasteiger partial charge in [0.2, 0.25) is 0 Å². The third-order valence-corrected chi connectivity index (χ3v) is 3.38. The van der Waals surface area contributed by atoms with E-state index in [9.17, 15) is 4.79 Å². The number of hydrogen-bond donors (Lipinski definition) is 3. The third-order valence-electron chi connectivity index (χ3n) is 2.45. The molecule has 0 aliphatic carbocycles. The SMILES string of the molecule is CCSCCC(C)Nc1ncc(C(=O)O)cc1N. The van der Waals surface area contributed by atoms with E-state index in [4.69, 9.17) is 10.8 Å². The second kappa shape index (κ2) is 7.10. The molecule has 1 aromatic rings. The Morgan fingerprint density at radius 2 is 2.39 bits per heavy atom. The molecule has 1 atom stereocenters. The Kier molecular flexibility index (Phi) is 5.77. The number of hydrogen-bond acceptors (Lipinski definition) is 5. The maximum absolute atomic E-state index is 10.7. The Hall–Kier alpha value is -1.43. The molecule has 0 bridgehead atoms. The van der Waals surface area contributed by atoms with Crippen LogP contribution in [0.25, 0.3) is 0 Å². The van der Waals surface area contributed by atoms with E-state index in [1.54, 1.807) is 0 Å². The van der Waals surface area contributed by atoms with Crippen molar-refractivity contribution in [1.29, 1.82) is 0 Å². The predicted molar refractivity (Wildman–Crippen MR) is 76.3 cm³/mol. The number of nitrogens with two attached hydrogens (primary N) is 1. The van der Waals surface area contributed by atoms with Crippen LogP contribution in [-0.4, -0.2) is 33.6 Å². The van der Waals surface area contributed by atoms with Gasteiger partial charge < -0.3 is 16.2 Å². The molecule has 1 heterocycles. The normalized spacial score (nSPS) is 12.1. The number of carbonyl (C=O) groups is 1. The minimum Gasteiger partial charge on any atom is -0.478 e. The van der Waals surface area contributed by atoms with Gasteiger partial charge in [-0.25, -0.2) is 9.78 Å². The first-order valence-corrected chi connectivity index (χ1v) is 7.03. The summed E-state index contributed by atoms with van der Waals surface area (Å²) in [6, 6.07) is 1.68. The zero-order valence-corrected chi connectivity index (χ0v) is 11.5. The summed E-state index contributed by atoms with van der Waals surface area (Å²) in [5.41, 5.74) is 6.24. The topological polar surface area (TPSA) is 88.2 Å². The van der Waals surface area contributed by atoms with Gasteiger partial charge in [0.1, 0.15) is 5.82 Å². The number of carboxylic acid groups (broad SMARTS) is 1. The standard InChI is InChI=1S/C12H19N3O2S/c1-3-18-5-4-8(2)15-11-10(13)6-9(7-14-11)12(16)17/h6-8H,3-5,13H2,1-2H3,(H,14,15)(H,16,17). The van der Waals surface area contributed by atoms with Gasteiger partial charge in [0.05, 0.1) is 11.3 Å². The number of carboxylic acids is 1. The molecule has 0 amide bonds. The van der Waals surface area contributed by atoms with Crippen molar-refractivity contribution in [2.45, 2.75) is 26.3 Å². The van der Waals surface area contributed by atoms with E-state index in [-0.39, 0.29) is 11.6 Å². The largest absolute Gasteiger partial charge is 0.478 e. The van der Waals surface area contributed by atoms with Gasteiger partial charge in [-0.05, 0) is 30.9 Å². The van der Waals surface area contributed by atoms with Crippen LogP contribution in [0, 0.1) is 0 Å². The van der Waals surface area contributed by atoms with Gasteiger partial charge in [0.15, 0.2) is 0 Å². The van der Waals surface area contributed by atoms with Gasteiger partial charge in [0.25, 0.3) is 0 Å². The minimum atomic E-state index is -1.02. The molecule has 1 rings (SSSR count). The molecule has 0 spiro atoms. The van der Waals surface area contributed by atoms with Crippen LogP contribution in [0.15, 0.2) is 12.3 Å². The number of anilines is 2. The molecule has 0 aliphatic heterocycles. The van der Waals surface area contributed by atoms with E-state index in [0.29, 0.717) is 11.5 Å². The van der Waals surface area contributed by atoms with Gasteiger partial charge in [-0.15, -0.1) is 0 Å². The maximum atomic E-state index is 10.7. The zero-order valence-electron chi connectivity index (χ0n) is 10.6. The lowest BCUT2D eigenvalue weighted by atomic mass is 10.2. The molecule has 6 heteroatoms. The molecule has 0 aromatic carbocycles. The second-order valence-electron chi connectivity index (χ2n) is 4.00. The summed E-state index contributed by atoms with van der Waals surface area (Å²) >= 11 is 1.89. The number of nitrogens with one attached hydrogen (secondary N) is 1. The highest BCUT2D eigenvalue weighted by Gasteiger charge is 2.09. The van der Waals surface area contributed by atoms with Gasteiger partial charge in [-0.3, -0.25) is 0 Å². The lowest BCUT2D eigenvalue weighted by Gasteiger charge is -2.15. The second-order valence-corrected chi connectivity index (χ2v) is 5.39. The van der Waals surface area contributed by atoms with Crippen LogP contribution in [0.1, 0.15) is 30.6 Å². The molecule has 18 heavy (non-hydrogen) atoms. The summed E-state index contributed by atoms with van der Waals surface area (Å²) in [6.07, 6.45) is 2.33. The number of pyridine rings is 1. The van der Waals surface area contributed by atoms with Crippen molar-refractivity contribution in [3.63, 3.8) is 0 Å². The predicted octanol–water partition coefficient (Wildman–Crippen LogP) is 2.31. The van der Waals surface area contributed by atoms with Crippen molar-refractivity contribution < 1.29 is 9.90 Å². The molecule has 5 nitrogen and oxygen atoms in total. The number of nitrogen functional groups attached to an aromatic ring is 1. The van der Waals surface area contributed by atoms with Crippen molar-refractivity contribution >= 4 is 29.2 Å². The van der Waals surface area contributed by atoms with E-state index >= 15 is 0 Å². The summed E-state index contributed by atoms with van der Waals surface area (Å²) in [5, 5.41) is 12.0. The van der Waals surface area contributed by atoms with Crippen LogP contribution in [0.5, 0.6) is 0 Å². The van der Waals surface area contributed by atoms with Crippen LogP contribution < -0.4 is 11.1 Å². The Morgan fingerprint density at radius 1 is 1.67 bits per heavy atom. The average molecular weight is 269 g/mol. The van der Waals surface area contributed by atoms with E-state index < -0.39 is 5.97 Å². The molecular weight excluding hydrogens is 250 g/mol. The molecule has 0 saturated heterocycles. The van der Waals surface area contributed by atoms with E-state index in [1.165, 1.54) is 12.3 Å². The molecule has 100 valence electrons. The fourth-order valence-electron chi connectivity index (χ4n) is 1.43. The fourth-order valence-corrected chi connectivity index (χ4v) is 2.24. The molecule has 1 unspecified atom stereocenters. The Labute approximate surface area is 111 Å². The molecule has 4 N–H and O–H groups in total. The molecule has 0 saturated carbocycles. The lowest BCUT2D eigenvalue weighted by molar-refractivity contribution is 0.0696. The zero-order chi connectivity index (χ0) is 13.5. The Bertz CT molecular complexity index is 412. The van der Waals surface area contributed by atoms with E-state index in [0.717, 1.165) is 17.9 Å². The molecule has 0 fully saturated rings. The summed E-state index contributed by atoms with van der Waals surface area (Å²) in [7, 11) is 0. The van der Waals surface area contributed by atoms with Crippen LogP contribution in [-0.2, 0) is 0 Å². The van der Waals surface area contributed by atoms with Gasteiger partial charge >= 0.3 is 5.97 Å². The van der Waals surface area contributed by atoms with E-state index in [1.807, 2.05) is 11.8 Å². The molecule has 1 aromatic heterocycles. The van der Waals surface area contributed by atoms with Crippen molar-refractivity contribution in [3.05, 3.63) is 17.8 Å². The molecule has 0 aliphatic rings. The van der Waals surface area contributed by atoms with E-state index in [2.05, 4.69) is 24.1 Å². The summed E-state index contributed by atoms with van der Waals surface area (Å²) < 4.78 is 0. The van der Waals surface area contributed by atoms with Crippen LogP contribution >= 0.6 is 11.8 Å². The quantitative estimate of drug-likeness (QED) is 0.658. The minimum absolute atomic E-state index is 0.104. The number of thioether (sulfide) groups is 1. The summed E-state index contributed by atoms with van der Waals surface area (Å²) in [4.78, 5) is 14.8. The number of aromatic carboxylic acids is 1. The van der Waals surface area contributed by atoms with Gasteiger partial charge in [0, 0.05) is 12.2 Å². The number of aromatic nitrogens is 1. The smallest absolute Gasteiger partial charge is 0.337 e. The highest BCUT2D eigenvalue weighted by molar-refractivity contribution is 7.99. The summed E-state index contributed by atoms with van der Waals surface area (Å²) in [6.45, 7) is 4.19. The fraction of sp³-hybridized carbons (Fsp3) is 0.500.